The molecule has 0 fully saturated rings. The Labute approximate surface area is 116 Å². The summed E-state index contributed by atoms with van der Waals surface area (Å²) in [5.74, 6) is 1.89. The fourth-order valence-electron chi connectivity index (χ4n) is 2.10. The molecule has 0 spiro atoms. The normalized spacial score (nSPS) is 11.0. The Kier molecular flexibility index (Phi) is 3.47. The highest BCUT2D eigenvalue weighted by molar-refractivity contribution is 6.17. The molecule has 0 saturated carbocycles. The van der Waals surface area contributed by atoms with Crippen LogP contribution in [0.5, 0.6) is 0 Å². The fraction of sp³-hybridized carbons (Fsp3) is 0.200. The second kappa shape index (κ2) is 5.41. The first-order valence-corrected chi connectivity index (χ1v) is 6.78. The summed E-state index contributed by atoms with van der Waals surface area (Å²) in [6.07, 6.45) is 1.57. The molecule has 0 amide bonds. The molecule has 0 aliphatic heterocycles. The highest BCUT2D eigenvalue weighted by atomic mass is 35.5. The maximum atomic E-state index is 5.66. The SMILES string of the molecule is ClCCCc1nc(-c2cccc3ccccc23)no1. The minimum absolute atomic E-state index is 0.603. The average molecular weight is 273 g/mol. The third kappa shape index (κ3) is 2.47. The van der Waals surface area contributed by atoms with Crippen molar-refractivity contribution in [2.45, 2.75) is 12.8 Å². The minimum Gasteiger partial charge on any atom is -0.339 e. The van der Waals surface area contributed by atoms with E-state index in [9.17, 15) is 0 Å². The topological polar surface area (TPSA) is 38.9 Å². The van der Waals surface area contributed by atoms with Gasteiger partial charge in [0.25, 0.3) is 0 Å². The second-order valence-electron chi connectivity index (χ2n) is 4.33. The van der Waals surface area contributed by atoms with Gasteiger partial charge in [0.1, 0.15) is 0 Å². The molecular formula is C15H13ClN2O. The average Bonchev–Trinajstić information content (AvgIpc) is 2.93. The van der Waals surface area contributed by atoms with Gasteiger partial charge in [0.2, 0.25) is 11.7 Å². The van der Waals surface area contributed by atoms with Gasteiger partial charge in [0.05, 0.1) is 0 Å². The lowest BCUT2D eigenvalue weighted by Crippen LogP contribution is -1.87. The molecule has 0 atom stereocenters. The van der Waals surface area contributed by atoms with E-state index in [-0.39, 0.29) is 0 Å². The lowest BCUT2D eigenvalue weighted by Gasteiger charge is -2.01. The number of alkyl halides is 1. The van der Waals surface area contributed by atoms with E-state index in [0.717, 1.165) is 23.8 Å². The summed E-state index contributed by atoms with van der Waals surface area (Å²) < 4.78 is 5.25. The number of aryl methyl sites for hydroxylation is 1. The molecule has 0 radical (unpaired) electrons. The molecule has 0 aliphatic rings. The molecule has 1 heterocycles. The Hall–Kier alpha value is -1.87. The Bertz CT molecular complexity index is 688. The maximum Gasteiger partial charge on any atom is 0.227 e. The van der Waals surface area contributed by atoms with Gasteiger partial charge in [0, 0.05) is 17.9 Å². The van der Waals surface area contributed by atoms with E-state index in [1.165, 1.54) is 5.39 Å². The predicted octanol–water partition coefficient (Wildman–Crippen LogP) is 4.06. The largest absolute Gasteiger partial charge is 0.339 e. The smallest absolute Gasteiger partial charge is 0.227 e. The van der Waals surface area contributed by atoms with Gasteiger partial charge in [-0.3, -0.25) is 0 Å². The van der Waals surface area contributed by atoms with E-state index in [0.29, 0.717) is 17.6 Å². The number of nitrogens with zero attached hydrogens (tertiary/aromatic N) is 2. The zero-order chi connectivity index (χ0) is 13.1. The summed E-state index contributed by atoms with van der Waals surface area (Å²) in [4.78, 5) is 4.43. The third-order valence-electron chi connectivity index (χ3n) is 3.02. The number of hydrogen-bond acceptors (Lipinski definition) is 3. The van der Waals surface area contributed by atoms with Crippen molar-refractivity contribution < 1.29 is 4.52 Å². The summed E-state index contributed by atoms with van der Waals surface area (Å²) in [5, 5.41) is 6.37. The molecule has 19 heavy (non-hydrogen) atoms. The molecule has 0 bridgehead atoms. The van der Waals surface area contributed by atoms with Crippen LogP contribution in [-0.4, -0.2) is 16.0 Å². The van der Waals surface area contributed by atoms with Crippen molar-refractivity contribution in [3.05, 3.63) is 48.4 Å². The second-order valence-corrected chi connectivity index (χ2v) is 4.71. The number of aromatic nitrogens is 2. The van der Waals surface area contributed by atoms with E-state index in [4.69, 9.17) is 16.1 Å². The van der Waals surface area contributed by atoms with Crippen molar-refractivity contribution in [3.8, 4) is 11.4 Å². The summed E-state index contributed by atoms with van der Waals surface area (Å²) in [6.45, 7) is 0. The van der Waals surface area contributed by atoms with Crippen LogP contribution in [0.1, 0.15) is 12.3 Å². The Morgan fingerprint density at radius 2 is 1.89 bits per heavy atom. The van der Waals surface area contributed by atoms with Crippen molar-refractivity contribution in [1.29, 1.82) is 0 Å². The molecule has 0 aliphatic carbocycles. The van der Waals surface area contributed by atoms with Crippen molar-refractivity contribution in [3.63, 3.8) is 0 Å². The molecule has 0 unspecified atom stereocenters. The lowest BCUT2D eigenvalue weighted by atomic mass is 10.0. The van der Waals surface area contributed by atoms with Gasteiger partial charge >= 0.3 is 0 Å². The van der Waals surface area contributed by atoms with E-state index in [1.807, 2.05) is 24.3 Å². The van der Waals surface area contributed by atoms with Crippen LogP contribution in [0, 0.1) is 0 Å². The minimum atomic E-state index is 0.603. The van der Waals surface area contributed by atoms with Gasteiger partial charge in [-0.1, -0.05) is 47.6 Å². The van der Waals surface area contributed by atoms with Crippen molar-refractivity contribution in [1.82, 2.24) is 10.1 Å². The zero-order valence-corrected chi connectivity index (χ0v) is 11.1. The summed E-state index contributed by atoms with van der Waals surface area (Å²) >= 11 is 5.66. The number of fused-ring (bicyclic) bond motifs is 1. The molecule has 0 saturated heterocycles. The summed E-state index contributed by atoms with van der Waals surface area (Å²) in [7, 11) is 0. The monoisotopic (exact) mass is 272 g/mol. The van der Waals surface area contributed by atoms with Gasteiger partial charge in [0.15, 0.2) is 0 Å². The summed E-state index contributed by atoms with van der Waals surface area (Å²) in [5.41, 5.74) is 0.999. The predicted molar refractivity (Wildman–Crippen MR) is 76.3 cm³/mol. The first kappa shape index (κ1) is 12.2. The van der Waals surface area contributed by atoms with Gasteiger partial charge in [-0.05, 0) is 17.2 Å². The van der Waals surface area contributed by atoms with Crippen LogP contribution in [0.4, 0.5) is 0 Å². The van der Waals surface area contributed by atoms with Crippen LogP contribution >= 0.6 is 11.6 Å². The lowest BCUT2D eigenvalue weighted by molar-refractivity contribution is 0.378. The Morgan fingerprint density at radius 3 is 2.79 bits per heavy atom. The number of halogens is 1. The molecule has 3 nitrogen and oxygen atoms in total. The van der Waals surface area contributed by atoms with Gasteiger partial charge < -0.3 is 4.52 Å². The van der Waals surface area contributed by atoms with Crippen molar-refractivity contribution >= 4 is 22.4 Å². The molecule has 4 heteroatoms. The quantitative estimate of drug-likeness (QED) is 0.672. The number of hydrogen-bond donors (Lipinski definition) is 0. The van der Waals surface area contributed by atoms with Crippen LogP contribution in [0.15, 0.2) is 47.0 Å². The molecule has 0 N–H and O–H groups in total. The molecule has 3 rings (SSSR count). The van der Waals surface area contributed by atoms with E-state index >= 15 is 0 Å². The summed E-state index contributed by atoms with van der Waals surface area (Å²) in [6, 6.07) is 14.3. The van der Waals surface area contributed by atoms with Crippen LogP contribution in [0.3, 0.4) is 0 Å². The standard InChI is InChI=1S/C15H13ClN2O/c16-10-4-9-14-17-15(18-19-14)13-8-3-6-11-5-1-2-7-12(11)13/h1-3,5-8H,4,9-10H2. The maximum absolute atomic E-state index is 5.66. The van der Waals surface area contributed by atoms with Gasteiger partial charge in [-0.25, -0.2) is 0 Å². The Balaban J connectivity index is 2.02. The molecule has 2 aromatic carbocycles. The van der Waals surface area contributed by atoms with Crippen molar-refractivity contribution in [2.24, 2.45) is 0 Å². The van der Waals surface area contributed by atoms with Crippen LogP contribution in [0.2, 0.25) is 0 Å². The van der Waals surface area contributed by atoms with Crippen LogP contribution in [0.25, 0.3) is 22.2 Å². The first-order chi connectivity index (χ1) is 9.38. The zero-order valence-electron chi connectivity index (χ0n) is 10.3. The highest BCUT2D eigenvalue weighted by Crippen LogP contribution is 2.26. The van der Waals surface area contributed by atoms with E-state index in [2.05, 4.69) is 28.3 Å². The fourth-order valence-corrected chi connectivity index (χ4v) is 2.24. The van der Waals surface area contributed by atoms with Crippen molar-refractivity contribution in [2.75, 3.05) is 5.88 Å². The molecule has 3 aromatic rings. The molecule has 96 valence electrons. The third-order valence-corrected chi connectivity index (χ3v) is 3.29. The van der Waals surface area contributed by atoms with Crippen LogP contribution in [-0.2, 0) is 6.42 Å². The Morgan fingerprint density at radius 1 is 1.05 bits per heavy atom. The first-order valence-electron chi connectivity index (χ1n) is 6.25. The van der Waals surface area contributed by atoms with Gasteiger partial charge in [-0.2, -0.15) is 4.98 Å². The van der Waals surface area contributed by atoms with Crippen LogP contribution < -0.4 is 0 Å². The molecule has 1 aromatic heterocycles. The molecular weight excluding hydrogens is 260 g/mol. The van der Waals surface area contributed by atoms with E-state index < -0.39 is 0 Å². The van der Waals surface area contributed by atoms with Gasteiger partial charge in [-0.15, -0.1) is 11.6 Å². The number of rotatable bonds is 4. The number of benzene rings is 2. The highest BCUT2D eigenvalue weighted by Gasteiger charge is 2.10. The van der Waals surface area contributed by atoms with E-state index in [1.54, 1.807) is 0 Å².